The summed E-state index contributed by atoms with van der Waals surface area (Å²) in [6.45, 7) is 1.84. The molecule has 0 radical (unpaired) electrons. The van der Waals surface area contributed by atoms with Gasteiger partial charge in [0.1, 0.15) is 5.75 Å². The van der Waals surface area contributed by atoms with E-state index in [4.69, 9.17) is 10.5 Å². The number of nitrogens with two attached hydrogens (primary N) is 1. The highest BCUT2D eigenvalue weighted by atomic mass is 19.4. The van der Waals surface area contributed by atoms with Gasteiger partial charge in [0.15, 0.2) is 0 Å². The minimum atomic E-state index is -4.33. The van der Waals surface area contributed by atoms with Crippen molar-refractivity contribution >= 4 is 5.69 Å². The normalized spacial score (nSPS) is 11.5. The first-order chi connectivity index (χ1) is 9.81. The van der Waals surface area contributed by atoms with Crippen molar-refractivity contribution in [2.45, 2.75) is 19.5 Å². The highest BCUT2D eigenvalue weighted by molar-refractivity contribution is 5.56. The van der Waals surface area contributed by atoms with Crippen LogP contribution in [0.25, 0.3) is 0 Å². The molecule has 0 atom stereocenters. The topological polar surface area (TPSA) is 35.2 Å². The third-order valence-electron chi connectivity index (χ3n) is 3.41. The Hall–Kier alpha value is -2.17. The van der Waals surface area contributed by atoms with Crippen LogP contribution in [0, 0.1) is 6.92 Å². The molecule has 2 aromatic carbocycles. The zero-order chi connectivity index (χ0) is 15.6. The average Bonchev–Trinajstić information content (AvgIpc) is 2.43. The molecular weight excluding hydrogens is 279 g/mol. The van der Waals surface area contributed by atoms with Crippen LogP contribution >= 0.6 is 0 Å². The van der Waals surface area contributed by atoms with Gasteiger partial charge in [0, 0.05) is 11.8 Å². The number of nitrogen functional groups attached to an aromatic ring is 1. The molecule has 0 saturated heterocycles. The second kappa shape index (κ2) is 5.68. The lowest BCUT2D eigenvalue weighted by Crippen LogP contribution is -2.06. The number of hydrogen-bond acceptors (Lipinski definition) is 2. The van der Waals surface area contributed by atoms with Crippen LogP contribution in [0.1, 0.15) is 22.3 Å². The minimum Gasteiger partial charge on any atom is -0.497 e. The average molecular weight is 295 g/mol. The summed E-state index contributed by atoms with van der Waals surface area (Å²) >= 11 is 0. The van der Waals surface area contributed by atoms with Gasteiger partial charge in [-0.25, -0.2) is 0 Å². The van der Waals surface area contributed by atoms with Gasteiger partial charge in [0.25, 0.3) is 0 Å². The molecule has 0 bridgehead atoms. The van der Waals surface area contributed by atoms with Gasteiger partial charge in [0.05, 0.1) is 12.7 Å². The molecule has 2 N–H and O–H groups in total. The lowest BCUT2D eigenvalue weighted by Gasteiger charge is -2.13. The van der Waals surface area contributed by atoms with E-state index in [1.807, 2.05) is 6.92 Å². The Kier molecular flexibility index (Phi) is 4.11. The maximum atomic E-state index is 12.7. The van der Waals surface area contributed by atoms with Gasteiger partial charge in [0.2, 0.25) is 0 Å². The minimum absolute atomic E-state index is 0.372. The molecule has 2 rings (SSSR count). The Labute approximate surface area is 121 Å². The SMILES string of the molecule is COc1cc(N)c(C)c(Cc2cccc(C(F)(F)F)c2)c1. The highest BCUT2D eigenvalue weighted by Crippen LogP contribution is 2.31. The molecule has 0 saturated carbocycles. The van der Waals surface area contributed by atoms with Crippen LogP contribution in [0.2, 0.25) is 0 Å². The Morgan fingerprint density at radius 1 is 1.14 bits per heavy atom. The first kappa shape index (κ1) is 15.2. The summed E-state index contributed by atoms with van der Waals surface area (Å²) in [6.07, 6.45) is -3.96. The second-order valence-corrected chi connectivity index (χ2v) is 4.88. The number of benzene rings is 2. The maximum absolute atomic E-state index is 12.7. The third kappa shape index (κ3) is 3.48. The standard InChI is InChI=1S/C16H16F3NO/c1-10-12(8-14(21-2)9-15(10)20)6-11-4-3-5-13(7-11)16(17,18)19/h3-5,7-9H,6,20H2,1-2H3. The quantitative estimate of drug-likeness (QED) is 0.861. The molecule has 0 unspecified atom stereocenters. The predicted molar refractivity (Wildman–Crippen MR) is 76.4 cm³/mol. The van der Waals surface area contributed by atoms with Crippen molar-refractivity contribution < 1.29 is 17.9 Å². The van der Waals surface area contributed by atoms with E-state index in [2.05, 4.69) is 0 Å². The summed E-state index contributed by atoms with van der Waals surface area (Å²) in [5, 5.41) is 0. The van der Waals surface area contributed by atoms with Crippen molar-refractivity contribution in [3.8, 4) is 5.75 Å². The number of anilines is 1. The molecular formula is C16H16F3NO. The molecule has 0 aliphatic rings. The van der Waals surface area contributed by atoms with Crippen molar-refractivity contribution in [3.63, 3.8) is 0 Å². The van der Waals surface area contributed by atoms with Crippen LogP contribution in [0.3, 0.4) is 0 Å². The number of alkyl halides is 3. The third-order valence-corrected chi connectivity index (χ3v) is 3.41. The number of halogens is 3. The molecule has 0 spiro atoms. The summed E-state index contributed by atoms with van der Waals surface area (Å²) in [5.41, 5.74) is 8.10. The summed E-state index contributed by atoms with van der Waals surface area (Å²) in [5.74, 6) is 0.597. The van der Waals surface area contributed by atoms with Crippen molar-refractivity contribution in [3.05, 3.63) is 58.7 Å². The molecule has 0 heterocycles. The van der Waals surface area contributed by atoms with Gasteiger partial charge in [-0.1, -0.05) is 18.2 Å². The summed E-state index contributed by atoms with van der Waals surface area (Å²) in [7, 11) is 1.53. The van der Waals surface area contributed by atoms with Crippen LogP contribution in [0.15, 0.2) is 36.4 Å². The Morgan fingerprint density at radius 3 is 2.48 bits per heavy atom. The van der Waals surface area contributed by atoms with E-state index in [9.17, 15) is 13.2 Å². The number of ether oxygens (including phenoxy) is 1. The predicted octanol–water partition coefficient (Wildman–Crippen LogP) is 4.20. The fraction of sp³-hybridized carbons (Fsp3) is 0.250. The fourth-order valence-electron chi connectivity index (χ4n) is 2.15. The van der Waals surface area contributed by atoms with E-state index < -0.39 is 11.7 Å². The molecule has 2 nitrogen and oxygen atoms in total. The highest BCUT2D eigenvalue weighted by Gasteiger charge is 2.30. The Morgan fingerprint density at radius 2 is 1.86 bits per heavy atom. The second-order valence-electron chi connectivity index (χ2n) is 4.88. The largest absolute Gasteiger partial charge is 0.497 e. The molecule has 2 aromatic rings. The van der Waals surface area contributed by atoms with Gasteiger partial charge < -0.3 is 10.5 Å². The Bertz CT molecular complexity index is 650. The lowest BCUT2D eigenvalue weighted by molar-refractivity contribution is -0.137. The van der Waals surface area contributed by atoms with E-state index in [1.54, 1.807) is 18.2 Å². The summed E-state index contributed by atoms with van der Waals surface area (Å²) < 4.78 is 43.3. The number of rotatable bonds is 3. The smallest absolute Gasteiger partial charge is 0.416 e. The van der Waals surface area contributed by atoms with Gasteiger partial charge in [-0.05, 0) is 42.2 Å². The first-order valence-electron chi connectivity index (χ1n) is 6.40. The summed E-state index contributed by atoms with van der Waals surface area (Å²) in [6, 6.07) is 8.81. The van der Waals surface area contributed by atoms with E-state index >= 15 is 0 Å². The van der Waals surface area contributed by atoms with Crippen LogP contribution in [-0.2, 0) is 12.6 Å². The molecule has 0 amide bonds. The molecule has 112 valence electrons. The van der Waals surface area contributed by atoms with E-state index in [1.165, 1.54) is 13.2 Å². The molecule has 0 aliphatic carbocycles. The molecule has 21 heavy (non-hydrogen) atoms. The van der Waals surface area contributed by atoms with Crippen molar-refractivity contribution in [1.29, 1.82) is 0 Å². The van der Waals surface area contributed by atoms with Gasteiger partial charge in [-0.15, -0.1) is 0 Å². The van der Waals surface area contributed by atoms with Crippen molar-refractivity contribution in [2.24, 2.45) is 0 Å². The number of hydrogen-bond donors (Lipinski definition) is 1. The van der Waals surface area contributed by atoms with Gasteiger partial charge >= 0.3 is 6.18 Å². The zero-order valence-corrected chi connectivity index (χ0v) is 11.8. The van der Waals surface area contributed by atoms with Gasteiger partial charge in [-0.3, -0.25) is 0 Å². The number of methoxy groups -OCH3 is 1. The summed E-state index contributed by atoms with van der Waals surface area (Å²) in [4.78, 5) is 0. The first-order valence-corrected chi connectivity index (χ1v) is 6.40. The molecule has 0 fully saturated rings. The lowest BCUT2D eigenvalue weighted by atomic mass is 9.98. The van der Waals surface area contributed by atoms with Gasteiger partial charge in [-0.2, -0.15) is 13.2 Å². The van der Waals surface area contributed by atoms with Crippen LogP contribution in [0.4, 0.5) is 18.9 Å². The fourth-order valence-corrected chi connectivity index (χ4v) is 2.15. The molecule has 0 aliphatic heterocycles. The van der Waals surface area contributed by atoms with Crippen LogP contribution in [0.5, 0.6) is 5.75 Å². The van der Waals surface area contributed by atoms with Crippen LogP contribution < -0.4 is 10.5 Å². The van der Waals surface area contributed by atoms with E-state index in [0.717, 1.165) is 23.3 Å². The van der Waals surface area contributed by atoms with E-state index in [-0.39, 0.29) is 0 Å². The van der Waals surface area contributed by atoms with Crippen molar-refractivity contribution in [2.75, 3.05) is 12.8 Å². The zero-order valence-electron chi connectivity index (χ0n) is 11.8. The van der Waals surface area contributed by atoms with E-state index in [0.29, 0.717) is 23.4 Å². The van der Waals surface area contributed by atoms with Crippen molar-refractivity contribution in [1.82, 2.24) is 0 Å². The maximum Gasteiger partial charge on any atom is 0.416 e. The molecule has 0 aromatic heterocycles. The molecule has 5 heteroatoms. The Balaban J connectivity index is 2.36. The monoisotopic (exact) mass is 295 g/mol. The van der Waals surface area contributed by atoms with Crippen LogP contribution in [-0.4, -0.2) is 7.11 Å².